The molecule has 0 spiro atoms. The lowest BCUT2D eigenvalue weighted by molar-refractivity contribution is -0.385. The van der Waals surface area contributed by atoms with Crippen LogP contribution in [0.25, 0.3) is 22.4 Å². The van der Waals surface area contributed by atoms with Gasteiger partial charge in [-0.25, -0.2) is 4.98 Å². The lowest BCUT2D eigenvalue weighted by Gasteiger charge is -2.11. The smallest absolute Gasteiger partial charge is 0.282 e. The molecule has 2 N–H and O–H groups in total. The fourth-order valence-corrected chi connectivity index (χ4v) is 2.99. The molecule has 0 fully saturated rings. The molecule has 2 aromatic heterocycles. The number of hydrogen-bond acceptors (Lipinski definition) is 6. The summed E-state index contributed by atoms with van der Waals surface area (Å²) < 4.78 is 5.37. The molecular weight excluding hydrogens is 388 g/mol. The summed E-state index contributed by atoms with van der Waals surface area (Å²) in [6, 6.07) is 17.5. The molecule has 0 bridgehead atoms. The average molecular weight is 402 g/mol. The van der Waals surface area contributed by atoms with Crippen LogP contribution in [0.1, 0.15) is 20.7 Å². The summed E-state index contributed by atoms with van der Waals surface area (Å²) in [7, 11) is 0. The molecule has 148 valence electrons. The van der Waals surface area contributed by atoms with Gasteiger partial charge in [-0.3, -0.25) is 30.6 Å². The first-order chi connectivity index (χ1) is 14.5. The van der Waals surface area contributed by atoms with E-state index in [0.29, 0.717) is 22.4 Å². The van der Waals surface area contributed by atoms with Crippen molar-refractivity contribution in [2.45, 2.75) is 0 Å². The molecule has 0 unspecified atom stereocenters. The lowest BCUT2D eigenvalue weighted by atomic mass is 10.1. The maximum Gasteiger partial charge on any atom is 0.282 e. The maximum absolute atomic E-state index is 12.8. The zero-order valence-corrected chi connectivity index (χ0v) is 15.4. The maximum atomic E-state index is 12.8. The van der Waals surface area contributed by atoms with Gasteiger partial charge in [0.2, 0.25) is 0 Å². The summed E-state index contributed by atoms with van der Waals surface area (Å²) in [4.78, 5) is 40.1. The number of pyridine rings is 1. The van der Waals surface area contributed by atoms with Crippen LogP contribution in [0, 0.1) is 10.1 Å². The van der Waals surface area contributed by atoms with Crippen LogP contribution in [0.3, 0.4) is 0 Å². The van der Waals surface area contributed by atoms with Crippen molar-refractivity contribution in [3.63, 3.8) is 0 Å². The molecule has 0 aliphatic carbocycles. The van der Waals surface area contributed by atoms with E-state index in [0.717, 1.165) is 0 Å². The third-order valence-corrected chi connectivity index (χ3v) is 4.37. The highest BCUT2D eigenvalue weighted by Crippen LogP contribution is 2.25. The van der Waals surface area contributed by atoms with E-state index in [1.165, 1.54) is 30.5 Å². The minimum atomic E-state index is -0.805. The van der Waals surface area contributed by atoms with Gasteiger partial charge in [-0.15, -0.1) is 0 Å². The van der Waals surface area contributed by atoms with Crippen molar-refractivity contribution >= 4 is 28.4 Å². The third kappa shape index (κ3) is 3.59. The van der Waals surface area contributed by atoms with Crippen molar-refractivity contribution in [1.29, 1.82) is 0 Å². The van der Waals surface area contributed by atoms with Gasteiger partial charge in [-0.05, 0) is 30.3 Å². The second kappa shape index (κ2) is 7.84. The summed E-state index contributed by atoms with van der Waals surface area (Å²) in [5.74, 6) is -0.924. The first-order valence-corrected chi connectivity index (χ1v) is 8.82. The van der Waals surface area contributed by atoms with Gasteiger partial charge in [0.05, 0.1) is 22.3 Å². The minimum absolute atomic E-state index is 0.168. The Morgan fingerprint density at radius 3 is 2.33 bits per heavy atom. The fourth-order valence-electron chi connectivity index (χ4n) is 2.99. The molecule has 9 heteroatoms. The summed E-state index contributed by atoms with van der Waals surface area (Å²) in [5, 5.41) is 11.7. The van der Waals surface area contributed by atoms with Crippen molar-refractivity contribution in [1.82, 2.24) is 15.8 Å². The monoisotopic (exact) mass is 402 g/mol. The number of rotatable bonds is 4. The van der Waals surface area contributed by atoms with E-state index in [9.17, 15) is 19.7 Å². The van der Waals surface area contributed by atoms with E-state index in [2.05, 4.69) is 15.8 Å². The number of nitro benzene ring substituents is 1. The molecule has 30 heavy (non-hydrogen) atoms. The topological polar surface area (TPSA) is 127 Å². The molecule has 0 radical (unpaired) electrons. The van der Waals surface area contributed by atoms with Crippen LogP contribution in [-0.2, 0) is 0 Å². The number of hydrazine groups is 1. The first-order valence-electron chi connectivity index (χ1n) is 8.82. The number of carbonyl (C=O) groups is 2. The number of amides is 2. The molecule has 0 atom stereocenters. The predicted molar refractivity (Wildman–Crippen MR) is 107 cm³/mol. The zero-order valence-electron chi connectivity index (χ0n) is 15.4. The highest BCUT2D eigenvalue weighted by molar-refractivity contribution is 6.08. The normalized spacial score (nSPS) is 10.5. The predicted octanol–water partition coefficient (Wildman–Crippen LogP) is 3.48. The van der Waals surface area contributed by atoms with Crippen LogP contribution in [0.15, 0.2) is 77.4 Å². The SMILES string of the molecule is O=C(NNC(=O)c1cc(-c2ccco2)nc2ccccc12)c1ccccc1[N+](=O)[O-]. The number of nitro groups is 1. The second-order valence-electron chi connectivity index (χ2n) is 6.23. The van der Waals surface area contributed by atoms with Crippen molar-refractivity contribution in [3.8, 4) is 11.5 Å². The van der Waals surface area contributed by atoms with E-state index < -0.39 is 16.7 Å². The minimum Gasteiger partial charge on any atom is -0.463 e. The molecule has 0 aliphatic heterocycles. The highest BCUT2D eigenvalue weighted by atomic mass is 16.6. The molecule has 0 saturated heterocycles. The number of fused-ring (bicyclic) bond motifs is 1. The number of furan rings is 1. The average Bonchev–Trinajstić information content (AvgIpc) is 3.31. The molecule has 0 saturated carbocycles. The Balaban J connectivity index is 1.62. The molecule has 2 aromatic carbocycles. The second-order valence-corrected chi connectivity index (χ2v) is 6.23. The van der Waals surface area contributed by atoms with E-state index in [4.69, 9.17) is 4.42 Å². The molecule has 9 nitrogen and oxygen atoms in total. The number of nitrogens with one attached hydrogen (secondary N) is 2. The van der Waals surface area contributed by atoms with Gasteiger partial charge in [0.25, 0.3) is 17.5 Å². The summed E-state index contributed by atoms with van der Waals surface area (Å²) in [6.45, 7) is 0. The Morgan fingerprint density at radius 1 is 0.900 bits per heavy atom. The van der Waals surface area contributed by atoms with Crippen molar-refractivity contribution in [3.05, 3.63) is 94.2 Å². The Labute approximate surface area is 169 Å². The molecule has 2 heterocycles. The summed E-state index contributed by atoms with van der Waals surface area (Å²) in [5.41, 5.74) is 5.29. The van der Waals surface area contributed by atoms with Crippen LogP contribution in [0.5, 0.6) is 0 Å². The Bertz CT molecular complexity index is 1270. The van der Waals surface area contributed by atoms with Crippen LogP contribution in [-0.4, -0.2) is 21.7 Å². The number of aromatic nitrogens is 1. The fraction of sp³-hybridized carbons (Fsp3) is 0. The largest absolute Gasteiger partial charge is 0.463 e. The van der Waals surface area contributed by atoms with Crippen molar-refractivity contribution in [2.75, 3.05) is 0 Å². The van der Waals surface area contributed by atoms with E-state index in [1.54, 1.807) is 42.5 Å². The standard InChI is InChI=1S/C21H14N4O5/c26-20(14-7-2-4-9-18(14)25(28)29)23-24-21(27)15-12-17(19-10-5-11-30-19)22-16-8-3-1-6-13(15)16/h1-12H,(H,23,26)(H,24,27). The van der Waals surface area contributed by atoms with Crippen LogP contribution in [0.4, 0.5) is 5.69 Å². The number of benzene rings is 2. The van der Waals surface area contributed by atoms with Gasteiger partial charge in [-0.2, -0.15) is 0 Å². The van der Waals surface area contributed by atoms with Crippen LogP contribution in [0.2, 0.25) is 0 Å². The Morgan fingerprint density at radius 2 is 1.60 bits per heavy atom. The zero-order chi connectivity index (χ0) is 21.1. The Hall–Kier alpha value is -4.53. The van der Waals surface area contributed by atoms with E-state index >= 15 is 0 Å². The molecule has 4 aromatic rings. The first kappa shape index (κ1) is 18.8. The summed E-state index contributed by atoms with van der Waals surface area (Å²) >= 11 is 0. The van der Waals surface area contributed by atoms with Crippen molar-refractivity contribution in [2.24, 2.45) is 0 Å². The number of nitrogens with zero attached hydrogens (tertiary/aromatic N) is 2. The van der Waals surface area contributed by atoms with E-state index in [-0.39, 0.29) is 16.8 Å². The highest BCUT2D eigenvalue weighted by Gasteiger charge is 2.20. The van der Waals surface area contributed by atoms with Crippen LogP contribution < -0.4 is 10.9 Å². The van der Waals surface area contributed by atoms with Gasteiger partial charge >= 0.3 is 0 Å². The van der Waals surface area contributed by atoms with Gasteiger partial charge in [0, 0.05) is 11.5 Å². The number of hydrogen-bond donors (Lipinski definition) is 2. The van der Waals surface area contributed by atoms with Gasteiger partial charge < -0.3 is 4.42 Å². The third-order valence-electron chi connectivity index (χ3n) is 4.37. The lowest BCUT2D eigenvalue weighted by Crippen LogP contribution is -2.41. The number of carbonyl (C=O) groups excluding carboxylic acids is 2. The molecule has 4 rings (SSSR count). The molecule has 2 amide bonds. The van der Waals surface area contributed by atoms with Crippen molar-refractivity contribution < 1.29 is 18.9 Å². The summed E-state index contributed by atoms with van der Waals surface area (Å²) in [6.07, 6.45) is 1.50. The van der Waals surface area contributed by atoms with E-state index in [1.807, 2.05) is 0 Å². The van der Waals surface area contributed by atoms with Crippen LogP contribution >= 0.6 is 0 Å². The van der Waals surface area contributed by atoms with Gasteiger partial charge in [0.15, 0.2) is 5.76 Å². The Kier molecular flexibility index (Phi) is 4.92. The van der Waals surface area contributed by atoms with Gasteiger partial charge in [-0.1, -0.05) is 30.3 Å². The molecule has 0 aliphatic rings. The van der Waals surface area contributed by atoms with Gasteiger partial charge in [0.1, 0.15) is 11.3 Å². The quantitative estimate of drug-likeness (QED) is 0.397. The number of para-hydroxylation sites is 2. The molecular formula is C21H14N4O5.